The monoisotopic (exact) mass is 271 g/mol. The summed E-state index contributed by atoms with van der Waals surface area (Å²) in [7, 11) is 0. The van der Waals surface area contributed by atoms with E-state index in [-0.39, 0.29) is 5.25 Å². The van der Waals surface area contributed by atoms with Gasteiger partial charge in [-0.1, -0.05) is 18.5 Å². The number of aliphatic carboxylic acids is 1. The van der Waals surface area contributed by atoms with Crippen LogP contribution in [0.25, 0.3) is 0 Å². The maximum atomic E-state index is 11.6. The molecule has 1 aromatic rings. The van der Waals surface area contributed by atoms with Crippen LogP contribution in [0.1, 0.15) is 6.92 Å². The van der Waals surface area contributed by atoms with Gasteiger partial charge >= 0.3 is 11.9 Å². The predicted molar refractivity (Wildman–Crippen MR) is 66.8 cm³/mol. The van der Waals surface area contributed by atoms with Crippen LogP contribution in [-0.4, -0.2) is 28.8 Å². The van der Waals surface area contributed by atoms with Crippen LogP contribution in [0.5, 0.6) is 0 Å². The number of benzene rings is 1. The number of carboxylic acid groups (broad SMARTS) is 1. The third-order valence-corrected chi connectivity index (χ3v) is 3.78. The van der Waals surface area contributed by atoms with Crippen molar-refractivity contribution in [3.63, 3.8) is 0 Å². The smallest absolute Gasteiger partial charge is 0.394 e. The summed E-state index contributed by atoms with van der Waals surface area (Å²) in [5.74, 6) is -2.34. The number of carbonyl (C=O) groups is 2. The van der Waals surface area contributed by atoms with E-state index in [2.05, 4.69) is 0 Å². The van der Waals surface area contributed by atoms with Gasteiger partial charge in [-0.2, -0.15) is 0 Å². The van der Waals surface area contributed by atoms with Gasteiger partial charge in [0.1, 0.15) is 0 Å². The molecule has 0 aliphatic carbocycles. The van der Waals surface area contributed by atoms with Crippen LogP contribution in [0, 0.1) is 0 Å². The van der Waals surface area contributed by atoms with Gasteiger partial charge in [-0.05, 0) is 18.2 Å². The highest BCUT2D eigenvalue weighted by Gasteiger charge is 2.30. The van der Waals surface area contributed by atoms with Crippen molar-refractivity contribution in [2.75, 3.05) is 11.4 Å². The van der Waals surface area contributed by atoms with Gasteiger partial charge < -0.3 is 10.0 Å². The first kappa shape index (κ1) is 12.3. The Labute approximate surface area is 108 Å². The van der Waals surface area contributed by atoms with Gasteiger partial charge in [-0.25, -0.2) is 4.79 Å². The molecule has 0 bridgehead atoms. The van der Waals surface area contributed by atoms with E-state index < -0.39 is 11.9 Å². The Bertz CT molecular complexity index is 492. The summed E-state index contributed by atoms with van der Waals surface area (Å²) in [6.07, 6.45) is 0. The maximum absolute atomic E-state index is 11.6. The summed E-state index contributed by atoms with van der Waals surface area (Å²) in [6.45, 7) is 2.33. The number of amides is 1. The molecule has 1 atom stereocenters. The molecule has 17 heavy (non-hydrogen) atoms. The molecular formula is C11H10ClNO3S. The molecular weight excluding hydrogens is 262 g/mol. The molecule has 0 fully saturated rings. The number of carboxylic acids is 1. The molecule has 1 N–H and O–H groups in total. The topological polar surface area (TPSA) is 57.6 Å². The van der Waals surface area contributed by atoms with Crippen molar-refractivity contribution in [3.8, 4) is 0 Å². The Morgan fingerprint density at radius 1 is 1.53 bits per heavy atom. The average molecular weight is 272 g/mol. The van der Waals surface area contributed by atoms with Crippen LogP contribution >= 0.6 is 23.4 Å². The molecule has 2 rings (SSSR count). The zero-order chi connectivity index (χ0) is 12.6. The van der Waals surface area contributed by atoms with E-state index >= 15 is 0 Å². The molecule has 0 aromatic heterocycles. The summed E-state index contributed by atoms with van der Waals surface area (Å²) in [4.78, 5) is 24.5. The molecule has 1 unspecified atom stereocenters. The average Bonchev–Trinajstić information content (AvgIpc) is 2.26. The quantitative estimate of drug-likeness (QED) is 0.736. The Balaban J connectivity index is 2.44. The molecule has 0 saturated heterocycles. The third kappa shape index (κ3) is 2.40. The SMILES string of the molecule is CC1CN(C(=O)C(=O)O)c2ccc(Cl)cc2S1. The van der Waals surface area contributed by atoms with Gasteiger partial charge in [-0.3, -0.25) is 4.79 Å². The Morgan fingerprint density at radius 3 is 2.88 bits per heavy atom. The number of anilines is 1. The number of carbonyl (C=O) groups excluding carboxylic acids is 1. The molecule has 1 aromatic carbocycles. The zero-order valence-corrected chi connectivity index (χ0v) is 10.6. The molecule has 6 heteroatoms. The number of halogens is 1. The molecule has 0 spiro atoms. The minimum Gasteiger partial charge on any atom is -0.474 e. The Kier molecular flexibility index (Phi) is 3.31. The van der Waals surface area contributed by atoms with Gasteiger partial charge in [0.15, 0.2) is 0 Å². The highest BCUT2D eigenvalue weighted by molar-refractivity contribution is 8.00. The van der Waals surface area contributed by atoms with Crippen molar-refractivity contribution >= 4 is 40.9 Å². The van der Waals surface area contributed by atoms with E-state index in [1.54, 1.807) is 30.0 Å². The van der Waals surface area contributed by atoms with Gasteiger partial charge in [0.05, 0.1) is 5.69 Å². The van der Waals surface area contributed by atoms with E-state index in [4.69, 9.17) is 16.7 Å². The first-order chi connectivity index (χ1) is 7.99. The molecule has 0 radical (unpaired) electrons. The lowest BCUT2D eigenvalue weighted by Crippen LogP contribution is -2.42. The van der Waals surface area contributed by atoms with E-state index in [1.165, 1.54) is 4.90 Å². The van der Waals surface area contributed by atoms with E-state index in [9.17, 15) is 9.59 Å². The fraction of sp³-hybridized carbons (Fsp3) is 0.273. The van der Waals surface area contributed by atoms with Crippen LogP contribution in [0.2, 0.25) is 5.02 Å². The van der Waals surface area contributed by atoms with Crippen molar-refractivity contribution in [3.05, 3.63) is 23.2 Å². The molecule has 0 saturated carbocycles. The summed E-state index contributed by atoms with van der Waals surface area (Å²) < 4.78 is 0. The molecule has 1 amide bonds. The second-order valence-electron chi connectivity index (χ2n) is 3.76. The van der Waals surface area contributed by atoms with Crippen molar-refractivity contribution in [1.82, 2.24) is 0 Å². The minimum atomic E-state index is -1.44. The van der Waals surface area contributed by atoms with Crippen LogP contribution in [0.15, 0.2) is 23.1 Å². The molecule has 4 nitrogen and oxygen atoms in total. The first-order valence-electron chi connectivity index (χ1n) is 5.00. The maximum Gasteiger partial charge on any atom is 0.394 e. The highest BCUT2D eigenvalue weighted by atomic mass is 35.5. The second-order valence-corrected chi connectivity index (χ2v) is 5.68. The van der Waals surface area contributed by atoms with Crippen molar-refractivity contribution in [2.45, 2.75) is 17.1 Å². The van der Waals surface area contributed by atoms with Crippen molar-refractivity contribution < 1.29 is 14.7 Å². The van der Waals surface area contributed by atoms with Crippen LogP contribution < -0.4 is 4.90 Å². The standard InChI is InChI=1S/C11H10ClNO3S/c1-6-5-13(10(14)11(15)16)8-3-2-7(12)4-9(8)17-6/h2-4,6H,5H2,1H3,(H,15,16). The third-order valence-electron chi connectivity index (χ3n) is 2.41. The fourth-order valence-corrected chi connectivity index (χ4v) is 3.11. The molecule has 1 heterocycles. The second kappa shape index (κ2) is 4.58. The van der Waals surface area contributed by atoms with Gasteiger partial charge in [0.25, 0.3) is 0 Å². The molecule has 1 aliphatic heterocycles. The van der Waals surface area contributed by atoms with Gasteiger partial charge in [0.2, 0.25) is 0 Å². The normalized spacial score (nSPS) is 18.7. The van der Waals surface area contributed by atoms with Gasteiger partial charge in [-0.15, -0.1) is 11.8 Å². The lowest BCUT2D eigenvalue weighted by molar-refractivity contribution is -0.148. The van der Waals surface area contributed by atoms with Crippen LogP contribution in [0.3, 0.4) is 0 Å². The minimum absolute atomic E-state index is 0.143. The first-order valence-corrected chi connectivity index (χ1v) is 6.26. The summed E-state index contributed by atoms with van der Waals surface area (Å²) in [5, 5.41) is 9.50. The number of thioether (sulfide) groups is 1. The lowest BCUT2D eigenvalue weighted by Gasteiger charge is -2.31. The van der Waals surface area contributed by atoms with Crippen LogP contribution in [0.4, 0.5) is 5.69 Å². The molecule has 1 aliphatic rings. The largest absolute Gasteiger partial charge is 0.474 e. The lowest BCUT2D eigenvalue weighted by atomic mass is 10.2. The summed E-state index contributed by atoms with van der Waals surface area (Å²) >= 11 is 7.47. The summed E-state index contributed by atoms with van der Waals surface area (Å²) in [5.41, 5.74) is 0.616. The van der Waals surface area contributed by atoms with E-state index in [0.29, 0.717) is 17.3 Å². The fourth-order valence-electron chi connectivity index (χ4n) is 1.72. The van der Waals surface area contributed by atoms with Crippen molar-refractivity contribution in [1.29, 1.82) is 0 Å². The van der Waals surface area contributed by atoms with E-state index in [0.717, 1.165) is 4.90 Å². The zero-order valence-electron chi connectivity index (χ0n) is 9.01. The van der Waals surface area contributed by atoms with E-state index in [1.807, 2.05) is 6.92 Å². The number of fused-ring (bicyclic) bond motifs is 1. The summed E-state index contributed by atoms with van der Waals surface area (Å²) in [6, 6.07) is 5.08. The van der Waals surface area contributed by atoms with Crippen molar-refractivity contribution in [2.24, 2.45) is 0 Å². The highest BCUT2D eigenvalue weighted by Crippen LogP contribution is 2.39. The number of hydrogen-bond acceptors (Lipinski definition) is 3. The van der Waals surface area contributed by atoms with Crippen LogP contribution in [-0.2, 0) is 9.59 Å². The number of rotatable bonds is 0. The number of hydrogen-bond donors (Lipinski definition) is 1. The Hall–Kier alpha value is -1.20. The van der Waals surface area contributed by atoms with Gasteiger partial charge in [0, 0.05) is 21.7 Å². The predicted octanol–water partition coefficient (Wildman–Crippen LogP) is 2.25. The Morgan fingerprint density at radius 2 is 2.24 bits per heavy atom. The molecule has 90 valence electrons. The number of nitrogens with zero attached hydrogens (tertiary/aromatic N) is 1.